The predicted octanol–water partition coefficient (Wildman–Crippen LogP) is 6.96. The zero-order chi connectivity index (χ0) is 28.3. The Morgan fingerprint density at radius 2 is 1.85 bits per heavy atom. The molecule has 3 aromatic carbocycles. The van der Waals surface area contributed by atoms with Crippen LogP contribution >= 0.6 is 23.2 Å². The molecule has 41 heavy (non-hydrogen) atoms. The maximum atomic E-state index is 12.6. The summed E-state index contributed by atoms with van der Waals surface area (Å²) < 4.78 is 39.5. The number of allylic oxidation sites excluding steroid dienone is 1. The molecule has 1 N–H and O–H groups in total. The lowest BCUT2D eigenvalue weighted by Crippen LogP contribution is -2.26. The molecule has 0 aromatic heterocycles. The molecule has 3 aliphatic rings. The quantitative estimate of drug-likeness (QED) is 0.297. The molecule has 0 radical (unpaired) electrons. The van der Waals surface area contributed by atoms with Crippen LogP contribution in [0.25, 0.3) is 11.1 Å². The zero-order valence-corrected chi connectivity index (χ0v) is 24.7. The van der Waals surface area contributed by atoms with Crippen LogP contribution in [0, 0.1) is 0 Å². The first kappa shape index (κ1) is 28.4. The molecule has 0 spiro atoms. The molecule has 1 fully saturated rings. The lowest BCUT2D eigenvalue weighted by Gasteiger charge is -2.19. The predicted molar refractivity (Wildman–Crippen MR) is 163 cm³/mol. The second-order valence-electron chi connectivity index (χ2n) is 10.4. The van der Waals surface area contributed by atoms with Crippen molar-refractivity contribution in [2.75, 3.05) is 26.3 Å². The Kier molecular flexibility index (Phi) is 8.74. The molecule has 214 valence electrons. The number of rotatable bonds is 8. The number of hydrogen-bond acceptors (Lipinski definition) is 5. The van der Waals surface area contributed by atoms with Gasteiger partial charge in [-0.1, -0.05) is 53.5 Å². The van der Waals surface area contributed by atoms with Crippen molar-refractivity contribution in [3.8, 4) is 5.75 Å². The lowest BCUT2D eigenvalue weighted by molar-refractivity contribution is 0.198. The fourth-order valence-corrected chi connectivity index (χ4v) is 6.84. The van der Waals surface area contributed by atoms with Gasteiger partial charge in [0.1, 0.15) is 11.9 Å². The SMILES string of the molecule is O=S1N=C(c2ccc3c(c2)CCCC(c2ccc(Cl)cc2Cl)=C3c2ccc(O[C@H]3CCN(CCCF)C3)cc2)NO1. The van der Waals surface area contributed by atoms with E-state index in [1.54, 1.807) is 6.07 Å². The highest BCUT2D eigenvalue weighted by Gasteiger charge is 2.25. The van der Waals surface area contributed by atoms with Gasteiger partial charge in [0.15, 0.2) is 5.84 Å². The van der Waals surface area contributed by atoms with Gasteiger partial charge in [-0.05, 0) is 95.8 Å². The Morgan fingerprint density at radius 1 is 1.05 bits per heavy atom. The van der Waals surface area contributed by atoms with Gasteiger partial charge in [0.2, 0.25) is 0 Å². The number of halogens is 3. The van der Waals surface area contributed by atoms with Gasteiger partial charge < -0.3 is 4.74 Å². The molecule has 3 aromatic rings. The minimum atomic E-state index is -1.73. The fraction of sp³-hybridized carbons (Fsp3) is 0.323. The van der Waals surface area contributed by atoms with Gasteiger partial charge in [0.25, 0.3) is 0 Å². The third-order valence-electron chi connectivity index (χ3n) is 7.74. The number of nitrogens with one attached hydrogen (secondary N) is 1. The fourth-order valence-electron chi connectivity index (χ4n) is 5.84. The van der Waals surface area contributed by atoms with E-state index in [9.17, 15) is 8.60 Å². The van der Waals surface area contributed by atoms with Crippen LogP contribution in [0.4, 0.5) is 4.39 Å². The van der Waals surface area contributed by atoms with Crippen molar-refractivity contribution >= 4 is 51.5 Å². The molecule has 1 unspecified atom stereocenters. The number of hydroxylamine groups is 1. The highest BCUT2D eigenvalue weighted by atomic mass is 35.5. The molecular weight excluding hydrogens is 584 g/mol. The first-order valence-electron chi connectivity index (χ1n) is 13.8. The first-order valence-corrected chi connectivity index (χ1v) is 15.6. The van der Waals surface area contributed by atoms with Gasteiger partial charge in [-0.25, -0.2) is 9.69 Å². The number of ether oxygens (including phenoxy) is 1. The molecule has 1 saturated heterocycles. The number of hydrogen-bond donors (Lipinski definition) is 1. The van der Waals surface area contributed by atoms with E-state index in [0.29, 0.717) is 22.3 Å². The highest BCUT2D eigenvalue weighted by Crippen LogP contribution is 2.43. The summed E-state index contributed by atoms with van der Waals surface area (Å²) in [6, 6.07) is 20.1. The summed E-state index contributed by atoms with van der Waals surface area (Å²) in [5.41, 5.74) is 10.1. The minimum Gasteiger partial charge on any atom is -0.489 e. The molecule has 2 aliphatic heterocycles. The number of fused-ring (bicyclic) bond motifs is 1. The van der Waals surface area contributed by atoms with Crippen molar-refractivity contribution in [2.24, 2.45) is 4.40 Å². The Morgan fingerprint density at radius 3 is 2.61 bits per heavy atom. The molecular formula is C31H30Cl2FN3O3S. The summed E-state index contributed by atoms with van der Waals surface area (Å²) in [6.07, 6.45) is 4.23. The Bertz CT molecular complexity index is 1530. The summed E-state index contributed by atoms with van der Waals surface area (Å²) in [5, 5.41) is 1.22. The van der Waals surface area contributed by atoms with Crippen molar-refractivity contribution in [3.05, 3.63) is 98.5 Å². The first-order chi connectivity index (χ1) is 20.0. The molecule has 10 heteroatoms. The molecule has 0 amide bonds. The maximum Gasteiger partial charge on any atom is 0.309 e. The van der Waals surface area contributed by atoms with Crippen molar-refractivity contribution in [2.45, 2.75) is 38.2 Å². The second kappa shape index (κ2) is 12.6. The summed E-state index contributed by atoms with van der Waals surface area (Å²) >= 11 is 11.3. The smallest absolute Gasteiger partial charge is 0.309 e. The third kappa shape index (κ3) is 6.37. The normalized spacial score (nSPS) is 20.9. The van der Waals surface area contributed by atoms with Crippen LogP contribution in [0.1, 0.15) is 53.5 Å². The van der Waals surface area contributed by atoms with Crippen LogP contribution in [0.5, 0.6) is 5.75 Å². The topological polar surface area (TPSA) is 63.2 Å². The Balaban J connectivity index is 1.36. The van der Waals surface area contributed by atoms with E-state index < -0.39 is 11.3 Å². The van der Waals surface area contributed by atoms with Crippen LogP contribution in [-0.4, -0.2) is 47.4 Å². The molecule has 0 bridgehead atoms. The van der Waals surface area contributed by atoms with Gasteiger partial charge in [0.05, 0.1) is 6.67 Å². The van der Waals surface area contributed by atoms with E-state index in [-0.39, 0.29) is 12.8 Å². The third-order valence-corrected chi connectivity index (χ3v) is 8.84. The van der Waals surface area contributed by atoms with E-state index in [2.05, 4.69) is 39.0 Å². The summed E-state index contributed by atoms with van der Waals surface area (Å²) in [6.45, 7) is 2.24. The standard InChI is InChI=1S/C31H30Cl2FN3O3S/c32-23-8-12-27(29(33)18-23)28-4-1-3-21-17-22(31-35-40-41(38)36-31)7-11-26(21)30(28)20-5-9-24(10-6-20)39-25-13-16-37(19-25)15-2-14-34/h5-12,17-18,25H,1-4,13-16,19H2,(H,35,36)/t25-,41?/m0/s1. The van der Waals surface area contributed by atoms with E-state index >= 15 is 0 Å². The van der Waals surface area contributed by atoms with Crippen LogP contribution < -0.4 is 10.2 Å². The van der Waals surface area contributed by atoms with Crippen molar-refractivity contribution in [1.82, 2.24) is 10.4 Å². The maximum absolute atomic E-state index is 12.6. The van der Waals surface area contributed by atoms with Crippen LogP contribution in [-0.2, 0) is 22.0 Å². The monoisotopic (exact) mass is 613 g/mol. The molecule has 6 rings (SSSR count). The van der Waals surface area contributed by atoms with E-state index in [1.807, 2.05) is 30.3 Å². The van der Waals surface area contributed by atoms with Gasteiger partial charge in [-0.15, -0.1) is 4.40 Å². The zero-order valence-electron chi connectivity index (χ0n) is 22.4. The molecule has 0 saturated carbocycles. The van der Waals surface area contributed by atoms with E-state index in [0.717, 1.165) is 84.5 Å². The second-order valence-corrected chi connectivity index (χ2v) is 12.1. The average molecular weight is 615 g/mol. The summed E-state index contributed by atoms with van der Waals surface area (Å²) in [5.74, 6) is 1.28. The number of benzene rings is 3. The van der Waals surface area contributed by atoms with Gasteiger partial charge in [-0.3, -0.25) is 9.29 Å². The van der Waals surface area contributed by atoms with Gasteiger partial charge in [0, 0.05) is 35.2 Å². The highest BCUT2D eigenvalue weighted by molar-refractivity contribution is 7.79. The van der Waals surface area contributed by atoms with Gasteiger partial charge >= 0.3 is 11.3 Å². The molecule has 2 atom stereocenters. The van der Waals surface area contributed by atoms with Gasteiger partial charge in [-0.2, -0.15) is 4.28 Å². The van der Waals surface area contributed by atoms with E-state index in [1.165, 1.54) is 5.56 Å². The van der Waals surface area contributed by atoms with Crippen molar-refractivity contribution in [1.29, 1.82) is 0 Å². The lowest BCUT2D eigenvalue weighted by atomic mass is 9.87. The summed E-state index contributed by atoms with van der Waals surface area (Å²) in [7, 11) is 0. The van der Waals surface area contributed by atoms with E-state index in [4.69, 9.17) is 32.2 Å². The van der Waals surface area contributed by atoms with Crippen molar-refractivity contribution in [3.63, 3.8) is 0 Å². The minimum absolute atomic E-state index is 0.102. The molecule has 2 heterocycles. The van der Waals surface area contributed by atoms with Crippen LogP contribution in [0.15, 0.2) is 65.1 Å². The number of likely N-dealkylation sites (tertiary alicyclic amines) is 1. The number of nitrogens with zero attached hydrogens (tertiary/aromatic N) is 2. The molecule has 1 aliphatic carbocycles. The van der Waals surface area contributed by atoms with Crippen molar-refractivity contribution < 1.29 is 17.6 Å². The molecule has 6 nitrogen and oxygen atoms in total. The van der Waals surface area contributed by atoms with Crippen LogP contribution in [0.3, 0.4) is 0 Å². The van der Waals surface area contributed by atoms with Crippen LogP contribution in [0.2, 0.25) is 10.0 Å². The largest absolute Gasteiger partial charge is 0.489 e. The number of amidine groups is 1. The summed E-state index contributed by atoms with van der Waals surface area (Å²) in [4.78, 5) is 2.26. The number of aryl methyl sites for hydroxylation is 1. The average Bonchev–Trinajstić information content (AvgIpc) is 3.56. The Hall–Kier alpha value is -2.75. The Labute approximate surface area is 251 Å². The number of alkyl halides is 1.